The average Bonchev–Trinajstić information content (AvgIpc) is 3.51. The molecule has 0 fully saturated rings. The van der Waals surface area contributed by atoms with Crippen molar-refractivity contribution in [3.63, 3.8) is 0 Å². The lowest BCUT2D eigenvalue weighted by Crippen LogP contribution is -2.43. The van der Waals surface area contributed by atoms with Crippen molar-refractivity contribution in [1.29, 1.82) is 0 Å². The van der Waals surface area contributed by atoms with Crippen LogP contribution < -0.4 is 10.6 Å². The van der Waals surface area contributed by atoms with E-state index < -0.39 is 35.1 Å². The number of carbonyl (C=O) groups is 2. The Morgan fingerprint density at radius 3 is 2.33 bits per heavy atom. The number of hydrogen-bond donors (Lipinski definition) is 2. The molecule has 5 aromatic rings. The van der Waals surface area contributed by atoms with Gasteiger partial charge in [-0.3, -0.25) is 9.36 Å². The lowest BCUT2D eigenvalue weighted by molar-refractivity contribution is -0.147. The number of nitrogens with one attached hydrogen (secondary N) is 1. The van der Waals surface area contributed by atoms with Crippen LogP contribution in [0.5, 0.6) is 0 Å². The number of ether oxygens (including phenoxy) is 1. The van der Waals surface area contributed by atoms with E-state index in [1.165, 1.54) is 42.4 Å². The van der Waals surface area contributed by atoms with Crippen LogP contribution in [0.4, 0.5) is 0 Å². The minimum absolute atomic E-state index is 0.0542. The van der Waals surface area contributed by atoms with Gasteiger partial charge in [-0.25, -0.2) is 13.2 Å². The molecule has 1 aromatic heterocycles. The molecule has 0 saturated carbocycles. The van der Waals surface area contributed by atoms with Crippen LogP contribution in [0.15, 0.2) is 112 Å². The quantitative estimate of drug-likeness (QED) is 0.108. The molecular formula is C35H30Cl2NO8PS. The van der Waals surface area contributed by atoms with Gasteiger partial charge in [-0.15, -0.1) is 0 Å². The first kappa shape index (κ1) is 35.1. The van der Waals surface area contributed by atoms with Gasteiger partial charge in [0.2, 0.25) is 0 Å². The van der Waals surface area contributed by atoms with E-state index >= 15 is 0 Å². The van der Waals surface area contributed by atoms with Crippen LogP contribution >= 0.6 is 30.6 Å². The SMILES string of the molecule is C/C(=C\P(=O)(O)c1ccc2ccoc2c1)c1cc(Cl)c(C(=O)N[C@@H](Cc2cccc(S(C)(=O)=O)c2)C(=O)OCc2ccccc2)c(Cl)c1. The van der Waals surface area contributed by atoms with Gasteiger partial charge in [-0.05, 0) is 71.7 Å². The van der Waals surface area contributed by atoms with Crippen molar-refractivity contribution in [2.24, 2.45) is 0 Å². The van der Waals surface area contributed by atoms with Crippen LogP contribution in [0.1, 0.15) is 34.0 Å². The van der Waals surface area contributed by atoms with Crippen molar-refractivity contribution in [2.45, 2.75) is 30.9 Å². The zero-order valence-corrected chi connectivity index (χ0v) is 28.9. The van der Waals surface area contributed by atoms with Crippen LogP contribution in [0, 0.1) is 0 Å². The summed E-state index contributed by atoms with van der Waals surface area (Å²) in [7, 11) is -7.52. The second kappa shape index (κ2) is 14.5. The number of halogens is 2. The Bertz CT molecular complexity index is 2180. The minimum Gasteiger partial charge on any atom is -0.464 e. The van der Waals surface area contributed by atoms with Crippen molar-refractivity contribution in [3.8, 4) is 0 Å². The van der Waals surface area contributed by atoms with E-state index in [2.05, 4.69) is 5.32 Å². The number of fused-ring (bicyclic) bond motifs is 1. The van der Waals surface area contributed by atoms with Crippen molar-refractivity contribution in [3.05, 3.63) is 135 Å². The highest BCUT2D eigenvalue weighted by Gasteiger charge is 2.27. The maximum absolute atomic E-state index is 13.6. The molecule has 2 N–H and O–H groups in total. The Kier molecular flexibility index (Phi) is 10.6. The minimum atomic E-state index is -3.99. The molecule has 2 atom stereocenters. The molecule has 0 bridgehead atoms. The number of rotatable bonds is 11. The first-order chi connectivity index (χ1) is 22.7. The molecule has 0 saturated heterocycles. The molecule has 0 radical (unpaired) electrons. The molecular weight excluding hydrogens is 696 g/mol. The first-order valence-electron chi connectivity index (χ1n) is 14.5. The fourth-order valence-electron chi connectivity index (χ4n) is 4.96. The van der Waals surface area contributed by atoms with Crippen LogP contribution in [0.3, 0.4) is 0 Å². The second-order valence-corrected chi connectivity index (χ2v) is 16.0. The highest BCUT2D eigenvalue weighted by molar-refractivity contribution is 7.90. The summed E-state index contributed by atoms with van der Waals surface area (Å²) in [4.78, 5) is 37.8. The largest absolute Gasteiger partial charge is 0.464 e. The molecule has 0 aliphatic carbocycles. The van der Waals surface area contributed by atoms with Crippen molar-refractivity contribution >= 4 is 74.1 Å². The van der Waals surface area contributed by atoms with E-state index in [0.29, 0.717) is 22.3 Å². The predicted octanol–water partition coefficient (Wildman–Crippen LogP) is 7.18. The highest BCUT2D eigenvalue weighted by Crippen LogP contribution is 2.45. The van der Waals surface area contributed by atoms with Gasteiger partial charge in [0.05, 0.1) is 26.8 Å². The lowest BCUT2D eigenvalue weighted by atomic mass is 10.0. The molecule has 1 unspecified atom stereocenters. The number of hydrogen-bond acceptors (Lipinski definition) is 7. The van der Waals surface area contributed by atoms with Crippen LogP contribution in [0.25, 0.3) is 16.5 Å². The number of carbonyl (C=O) groups excluding carboxylic acids is 2. The summed E-state index contributed by atoms with van der Waals surface area (Å²) in [6, 6.07) is 23.1. The van der Waals surface area contributed by atoms with E-state index in [1.54, 1.807) is 61.5 Å². The number of esters is 1. The van der Waals surface area contributed by atoms with Crippen LogP contribution in [-0.4, -0.2) is 37.5 Å². The van der Waals surface area contributed by atoms with E-state index in [9.17, 15) is 27.5 Å². The summed E-state index contributed by atoms with van der Waals surface area (Å²) >= 11 is 13.1. The maximum atomic E-state index is 13.6. The van der Waals surface area contributed by atoms with E-state index in [0.717, 1.165) is 17.2 Å². The molecule has 9 nitrogen and oxygen atoms in total. The third-order valence-corrected chi connectivity index (χ3v) is 10.9. The summed E-state index contributed by atoms with van der Waals surface area (Å²) in [5.74, 6) is -0.327. The number of sulfone groups is 1. The Morgan fingerprint density at radius 1 is 0.958 bits per heavy atom. The van der Waals surface area contributed by atoms with E-state index in [1.807, 2.05) is 6.07 Å². The van der Waals surface area contributed by atoms with Crippen LogP contribution in [-0.2, 0) is 37.0 Å². The topological polar surface area (TPSA) is 140 Å². The molecule has 0 spiro atoms. The number of benzene rings is 4. The summed E-state index contributed by atoms with van der Waals surface area (Å²) < 4.78 is 48.4. The third-order valence-electron chi connectivity index (χ3n) is 7.48. The smallest absolute Gasteiger partial charge is 0.329 e. The van der Waals surface area contributed by atoms with Gasteiger partial charge in [-0.1, -0.05) is 71.7 Å². The summed E-state index contributed by atoms with van der Waals surface area (Å²) in [6.07, 6.45) is 2.47. The van der Waals surface area contributed by atoms with Gasteiger partial charge >= 0.3 is 5.97 Å². The zero-order valence-electron chi connectivity index (χ0n) is 25.7. The van der Waals surface area contributed by atoms with Crippen molar-refractivity contribution in [1.82, 2.24) is 5.32 Å². The maximum Gasteiger partial charge on any atom is 0.329 e. The van der Waals surface area contributed by atoms with Gasteiger partial charge in [0.15, 0.2) is 9.84 Å². The first-order valence-corrected chi connectivity index (χ1v) is 18.9. The monoisotopic (exact) mass is 725 g/mol. The highest BCUT2D eigenvalue weighted by atomic mass is 35.5. The fraction of sp³-hybridized carbons (Fsp3) is 0.143. The molecule has 4 aromatic carbocycles. The molecule has 0 aliphatic heterocycles. The van der Waals surface area contributed by atoms with Crippen molar-refractivity contribution in [2.75, 3.05) is 6.26 Å². The Labute approximate surface area is 287 Å². The molecule has 1 amide bonds. The van der Waals surface area contributed by atoms with Gasteiger partial charge in [0.25, 0.3) is 13.3 Å². The van der Waals surface area contributed by atoms with Crippen molar-refractivity contribution < 1.29 is 36.6 Å². The Morgan fingerprint density at radius 2 is 1.65 bits per heavy atom. The molecule has 1 heterocycles. The van der Waals surface area contributed by atoms with Crippen LogP contribution in [0.2, 0.25) is 10.0 Å². The lowest BCUT2D eigenvalue weighted by Gasteiger charge is -2.19. The molecule has 5 rings (SSSR count). The molecule has 48 heavy (non-hydrogen) atoms. The van der Waals surface area contributed by atoms with Gasteiger partial charge < -0.3 is 19.4 Å². The Hall–Kier alpha value is -4.18. The second-order valence-electron chi connectivity index (χ2n) is 11.1. The third kappa shape index (κ3) is 8.45. The van der Waals surface area contributed by atoms with E-state index in [4.69, 9.17) is 32.4 Å². The number of amides is 1. The molecule has 0 aliphatic rings. The molecule has 13 heteroatoms. The van der Waals surface area contributed by atoms with Gasteiger partial charge in [0.1, 0.15) is 18.2 Å². The summed E-state index contributed by atoms with van der Waals surface area (Å²) in [6.45, 7) is 1.56. The summed E-state index contributed by atoms with van der Waals surface area (Å²) in [5, 5.41) is 3.47. The van der Waals surface area contributed by atoms with Gasteiger partial charge in [-0.2, -0.15) is 0 Å². The average molecular weight is 727 g/mol. The zero-order chi connectivity index (χ0) is 34.6. The van der Waals surface area contributed by atoms with E-state index in [-0.39, 0.29) is 38.8 Å². The van der Waals surface area contributed by atoms with Gasteiger partial charge in [0, 0.05) is 29.2 Å². The Balaban J connectivity index is 1.39. The normalized spacial score (nSPS) is 13.9. The number of allylic oxidation sites excluding steroid dienone is 1. The number of furan rings is 1. The standard InChI is InChI=1S/C35H30Cl2NO8PS/c1-22(21-47(41,42)27-12-11-25-13-14-45-32(25)19-27)26-17-29(36)33(30(37)18-26)34(39)38-31(35(40)46-20-23-7-4-3-5-8-23)16-24-9-6-10-28(15-24)48(2,43)44/h3-15,17-19,21,31H,16,20H2,1-2H3,(H,38,39)(H,41,42)/b22-21+/t31-/m0/s1. The molecule has 248 valence electrons. The summed E-state index contributed by atoms with van der Waals surface area (Å²) in [5.41, 5.74) is 2.31. The fourth-order valence-corrected chi connectivity index (χ4v) is 7.73. The predicted molar refractivity (Wildman–Crippen MR) is 187 cm³/mol.